The van der Waals surface area contributed by atoms with Crippen LogP contribution in [-0.4, -0.2) is 28.6 Å². The van der Waals surface area contributed by atoms with Gasteiger partial charge in [0.1, 0.15) is 11.6 Å². The molecule has 1 amide bonds. The third-order valence-corrected chi connectivity index (χ3v) is 5.93. The molecule has 0 fully saturated rings. The van der Waals surface area contributed by atoms with E-state index in [1.165, 1.54) is 12.1 Å². The summed E-state index contributed by atoms with van der Waals surface area (Å²) in [6.07, 6.45) is 1.57. The Labute approximate surface area is 191 Å². The van der Waals surface area contributed by atoms with Gasteiger partial charge in [0.05, 0.1) is 0 Å². The number of carbonyl (C=O) groups excluding carboxylic acids is 1. The van der Waals surface area contributed by atoms with E-state index in [2.05, 4.69) is 4.57 Å². The molecule has 0 atom stereocenters. The van der Waals surface area contributed by atoms with Gasteiger partial charge in [-0.25, -0.2) is 9.18 Å². The molecule has 3 aromatic carbocycles. The predicted molar refractivity (Wildman–Crippen MR) is 127 cm³/mol. The number of hydrogen-bond donors (Lipinski definition) is 0. The van der Waals surface area contributed by atoms with Crippen molar-refractivity contribution in [3.8, 4) is 16.9 Å². The van der Waals surface area contributed by atoms with E-state index in [0.717, 1.165) is 27.6 Å². The molecule has 0 N–H and O–H groups in total. The Morgan fingerprint density at radius 1 is 1.00 bits per heavy atom. The number of benzene rings is 3. The first-order valence-corrected chi connectivity index (χ1v) is 11.0. The van der Waals surface area contributed by atoms with Crippen molar-refractivity contribution in [2.45, 2.75) is 20.4 Å². The minimum absolute atomic E-state index is 0.320. The predicted octanol–water partition coefficient (Wildman–Crippen LogP) is 6.99. The molecule has 4 aromatic rings. The monoisotopic (exact) mass is 450 g/mol. The van der Waals surface area contributed by atoms with E-state index in [0.29, 0.717) is 30.4 Å². The molecule has 0 spiro atoms. The van der Waals surface area contributed by atoms with Crippen LogP contribution >= 0.6 is 11.6 Å². The Kier molecular flexibility index (Phi) is 6.47. The molecular formula is C26H24ClFN2O2. The van der Waals surface area contributed by atoms with Crippen molar-refractivity contribution in [3.63, 3.8) is 0 Å². The van der Waals surface area contributed by atoms with Gasteiger partial charge in [-0.15, -0.1) is 0 Å². The fraction of sp³-hybridized carbons (Fsp3) is 0.192. The van der Waals surface area contributed by atoms with Gasteiger partial charge in [-0.2, -0.15) is 0 Å². The average Bonchev–Trinajstić information content (AvgIpc) is 3.19. The first-order chi connectivity index (χ1) is 15.5. The standard InChI is InChI=1S/C26H24ClFN2O2/c1-3-29(4-2)26(31)32-24-14-13-23-21(25(24)18-9-11-20(28)12-10-18)15-16-30(23)17-19-7-5-6-8-22(19)27/h5-16H,3-4,17H2,1-2H3. The third-order valence-electron chi connectivity index (χ3n) is 5.57. The molecule has 4 nitrogen and oxygen atoms in total. The number of halogens is 2. The van der Waals surface area contributed by atoms with Gasteiger partial charge >= 0.3 is 6.09 Å². The fourth-order valence-corrected chi connectivity index (χ4v) is 4.04. The van der Waals surface area contributed by atoms with Gasteiger partial charge in [0.15, 0.2) is 0 Å². The van der Waals surface area contributed by atoms with Crippen molar-refractivity contribution >= 4 is 28.6 Å². The largest absolute Gasteiger partial charge is 0.415 e. The number of ether oxygens (including phenoxy) is 1. The zero-order chi connectivity index (χ0) is 22.7. The number of hydrogen-bond acceptors (Lipinski definition) is 2. The zero-order valence-corrected chi connectivity index (χ0v) is 18.8. The van der Waals surface area contributed by atoms with E-state index in [4.69, 9.17) is 16.3 Å². The lowest BCUT2D eigenvalue weighted by Gasteiger charge is -2.20. The van der Waals surface area contributed by atoms with Crippen LogP contribution in [0.25, 0.3) is 22.0 Å². The molecule has 0 aliphatic heterocycles. The number of amides is 1. The molecule has 0 bridgehead atoms. The number of rotatable bonds is 6. The molecule has 6 heteroatoms. The van der Waals surface area contributed by atoms with Gasteiger partial charge in [0.2, 0.25) is 0 Å². The second-order valence-corrected chi connectivity index (χ2v) is 7.86. The van der Waals surface area contributed by atoms with Crippen LogP contribution in [0, 0.1) is 5.82 Å². The summed E-state index contributed by atoms with van der Waals surface area (Å²) in [5.41, 5.74) is 3.50. The van der Waals surface area contributed by atoms with Crippen molar-refractivity contribution in [3.05, 3.63) is 89.3 Å². The summed E-state index contributed by atoms with van der Waals surface area (Å²) in [4.78, 5) is 14.3. The van der Waals surface area contributed by atoms with E-state index >= 15 is 0 Å². The third kappa shape index (κ3) is 4.34. The first-order valence-electron chi connectivity index (χ1n) is 10.6. The lowest BCUT2D eigenvalue weighted by Crippen LogP contribution is -2.33. The maximum Gasteiger partial charge on any atom is 0.415 e. The lowest BCUT2D eigenvalue weighted by atomic mass is 10.0. The van der Waals surface area contributed by atoms with Crippen LogP contribution in [-0.2, 0) is 6.54 Å². The summed E-state index contributed by atoms with van der Waals surface area (Å²) < 4.78 is 21.5. The summed E-state index contributed by atoms with van der Waals surface area (Å²) in [6.45, 7) is 5.52. The van der Waals surface area contributed by atoms with E-state index in [1.54, 1.807) is 23.1 Å². The highest BCUT2D eigenvalue weighted by molar-refractivity contribution is 6.31. The fourth-order valence-electron chi connectivity index (χ4n) is 3.84. The molecule has 0 aliphatic rings. The van der Waals surface area contributed by atoms with Crippen molar-refractivity contribution in [1.29, 1.82) is 0 Å². The molecular weight excluding hydrogens is 427 g/mol. The molecule has 1 aromatic heterocycles. The van der Waals surface area contributed by atoms with Gasteiger partial charge < -0.3 is 14.2 Å². The molecule has 4 rings (SSSR count). The van der Waals surface area contributed by atoms with Crippen LogP contribution in [0.3, 0.4) is 0 Å². The van der Waals surface area contributed by atoms with Crippen molar-refractivity contribution < 1.29 is 13.9 Å². The smallest absolute Gasteiger partial charge is 0.410 e. The minimum Gasteiger partial charge on any atom is -0.410 e. The number of aromatic nitrogens is 1. The van der Waals surface area contributed by atoms with Crippen LogP contribution in [0.5, 0.6) is 5.75 Å². The van der Waals surface area contributed by atoms with E-state index in [1.807, 2.05) is 56.4 Å². The van der Waals surface area contributed by atoms with Crippen LogP contribution in [0.15, 0.2) is 72.9 Å². The molecule has 32 heavy (non-hydrogen) atoms. The lowest BCUT2D eigenvalue weighted by molar-refractivity contribution is 0.157. The number of carbonyl (C=O) groups is 1. The van der Waals surface area contributed by atoms with Gasteiger partial charge in [0.25, 0.3) is 0 Å². The maximum absolute atomic E-state index is 13.6. The number of nitrogens with zero attached hydrogens (tertiary/aromatic N) is 2. The number of fused-ring (bicyclic) bond motifs is 1. The molecule has 0 saturated carbocycles. The Balaban J connectivity index is 1.82. The summed E-state index contributed by atoms with van der Waals surface area (Å²) in [5, 5.41) is 1.62. The average molecular weight is 451 g/mol. The Hall–Kier alpha value is -3.31. The summed E-state index contributed by atoms with van der Waals surface area (Å²) in [6, 6.07) is 19.7. The summed E-state index contributed by atoms with van der Waals surface area (Å²) in [7, 11) is 0. The highest BCUT2D eigenvalue weighted by Gasteiger charge is 2.19. The van der Waals surface area contributed by atoms with Gasteiger partial charge in [-0.05, 0) is 61.4 Å². The molecule has 0 aliphatic carbocycles. The zero-order valence-electron chi connectivity index (χ0n) is 18.0. The topological polar surface area (TPSA) is 34.5 Å². The molecule has 0 radical (unpaired) electrons. The normalized spacial score (nSPS) is 11.0. The maximum atomic E-state index is 13.6. The molecule has 0 unspecified atom stereocenters. The minimum atomic E-state index is -0.409. The first kappa shape index (κ1) is 21.9. The van der Waals surface area contributed by atoms with Gasteiger partial charge in [0, 0.05) is 47.3 Å². The highest BCUT2D eigenvalue weighted by Crippen LogP contribution is 2.38. The molecule has 164 valence electrons. The van der Waals surface area contributed by atoms with E-state index in [-0.39, 0.29) is 5.82 Å². The van der Waals surface area contributed by atoms with Gasteiger partial charge in [-0.3, -0.25) is 0 Å². The van der Waals surface area contributed by atoms with Crippen molar-refractivity contribution in [1.82, 2.24) is 9.47 Å². The quantitative estimate of drug-likeness (QED) is 0.317. The van der Waals surface area contributed by atoms with Crippen LogP contribution in [0.4, 0.5) is 9.18 Å². The van der Waals surface area contributed by atoms with Gasteiger partial charge in [-0.1, -0.05) is 41.9 Å². The summed E-state index contributed by atoms with van der Waals surface area (Å²) >= 11 is 6.36. The van der Waals surface area contributed by atoms with Crippen LogP contribution in [0.2, 0.25) is 5.02 Å². The Bertz CT molecular complexity index is 1250. The van der Waals surface area contributed by atoms with Crippen molar-refractivity contribution in [2.24, 2.45) is 0 Å². The second kappa shape index (κ2) is 9.45. The summed E-state index contributed by atoms with van der Waals surface area (Å²) in [5.74, 6) is 0.121. The van der Waals surface area contributed by atoms with Crippen LogP contribution < -0.4 is 4.74 Å². The van der Waals surface area contributed by atoms with E-state index in [9.17, 15) is 9.18 Å². The SMILES string of the molecule is CCN(CC)C(=O)Oc1ccc2c(ccn2Cc2ccccc2Cl)c1-c1ccc(F)cc1. The molecule has 1 heterocycles. The van der Waals surface area contributed by atoms with Crippen molar-refractivity contribution in [2.75, 3.05) is 13.1 Å². The highest BCUT2D eigenvalue weighted by atomic mass is 35.5. The van der Waals surface area contributed by atoms with Crippen LogP contribution in [0.1, 0.15) is 19.4 Å². The molecule has 0 saturated heterocycles. The Morgan fingerprint density at radius 3 is 2.41 bits per heavy atom. The second-order valence-electron chi connectivity index (χ2n) is 7.45. The Morgan fingerprint density at radius 2 is 1.72 bits per heavy atom. The van der Waals surface area contributed by atoms with E-state index < -0.39 is 6.09 Å².